The molecule has 0 heterocycles. The van der Waals surface area contributed by atoms with E-state index in [0.29, 0.717) is 0 Å². The second-order valence-electron chi connectivity index (χ2n) is 2.86. The first kappa shape index (κ1) is 13.6. The van der Waals surface area contributed by atoms with Gasteiger partial charge in [-0.2, -0.15) is 8.78 Å². The van der Waals surface area contributed by atoms with Crippen molar-refractivity contribution in [3.8, 4) is 5.75 Å². The van der Waals surface area contributed by atoms with Gasteiger partial charge in [0.2, 0.25) is 0 Å². The van der Waals surface area contributed by atoms with Crippen molar-refractivity contribution in [2.24, 2.45) is 0 Å². The Morgan fingerprint density at radius 1 is 0.941 bits per heavy atom. The maximum Gasteiger partial charge on any atom is 0.525 e. The van der Waals surface area contributed by atoms with Gasteiger partial charge >= 0.3 is 18.8 Å². The molecular weight excluding hydrogens is 254 g/mol. The summed E-state index contributed by atoms with van der Waals surface area (Å²) in [7, 11) is 0. The predicted octanol–water partition coefficient (Wildman–Crippen LogP) is 3.49. The lowest BCUT2D eigenvalue weighted by Crippen LogP contribution is -2.41. The predicted molar refractivity (Wildman–Crippen MR) is 44.1 cm³/mol. The molecule has 8 heteroatoms. The van der Waals surface area contributed by atoms with Gasteiger partial charge in [0.1, 0.15) is 5.75 Å². The third-order valence-electron chi connectivity index (χ3n) is 1.50. The van der Waals surface area contributed by atoms with Crippen molar-refractivity contribution in [1.82, 2.24) is 0 Å². The molecule has 0 amide bonds. The molecule has 0 fully saturated rings. The summed E-state index contributed by atoms with van der Waals surface area (Å²) in [6, 6.07) is 6.12. The van der Waals surface area contributed by atoms with Crippen LogP contribution >= 0.6 is 0 Å². The minimum absolute atomic E-state index is 0.481. The number of alkyl halides is 6. The number of rotatable bonds is 4. The van der Waals surface area contributed by atoms with Gasteiger partial charge < -0.3 is 4.74 Å². The maximum atomic E-state index is 12.8. The molecule has 17 heavy (non-hydrogen) atoms. The summed E-state index contributed by atoms with van der Waals surface area (Å²) >= 11 is 0. The van der Waals surface area contributed by atoms with Gasteiger partial charge in [-0.25, -0.2) is 9.13 Å². The molecule has 0 spiro atoms. The van der Waals surface area contributed by atoms with Gasteiger partial charge in [-0.05, 0) is 12.1 Å². The largest absolute Gasteiger partial charge is 0.525 e. The Balaban J connectivity index is 2.68. The van der Waals surface area contributed by atoms with Crippen LogP contribution < -0.4 is 4.74 Å². The fourth-order valence-corrected chi connectivity index (χ4v) is 0.878. The zero-order chi connectivity index (χ0) is 13.1. The highest BCUT2D eigenvalue weighted by Gasteiger charge is 2.50. The molecule has 0 saturated heterocycles. The molecule has 1 unspecified atom stereocenters. The molecule has 0 N–H and O–H groups in total. The number of ether oxygens (including phenoxy) is 2. The number of halogens is 6. The molecule has 0 aliphatic rings. The molecule has 1 rings (SSSR count). The van der Waals surface area contributed by atoms with Crippen molar-refractivity contribution < 1.29 is 35.8 Å². The Hall–Kier alpha value is -1.44. The number of para-hydroxylation sites is 1. The van der Waals surface area contributed by atoms with E-state index in [9.17, 15) is 26.3 Å². The molecule has 1 atom stereocenters. The number of hydrogen-bond donors (Lipinski definition) is 0. The zero-order valence-corrected chi connectivity index (χ0v) is 8.05. The highest BCUT2D eigenvalue weighted by molar-refractivity contribution is 5.21. The monoisotopic (exact) mass is 260 g/mol. The second-order valence-corrected chi connectivity index (χ2v) is 2.86. The first-order valence-electron chi connectivity index (χ1n) is 4.21. The van der Waals surface area contributed by atoms with Gasteiger partial charge in [0, 0.05) is 0 Å². The van der Waals surface area contributed by atoms with E-state index < -0.39 is 24.6 Å². The SMILES string of the molecule is FC(OC(F)(F)F)C(F)(F)Oc1ccccc1. The lowest BCUT2D eigenvalue weighted by atomic mass is 10.3. The van der Waals surface area contributed by atoms with E-state index in [2.05, 4.69) is 9.47 Å². The van der Waals surface area contributed by atoms with Crippen LogP contribution in [0.2, 0.25) is 0 Å². The third kappa shape index (κ3) is 4.51. The Morgan fingerprint density at radius 2 is 1.47 bits per heavy atom. The summed E-state index contributed by atoms with van der Waals surface area (Å²) in [5, 5.41) is 0. The third-order valence-corrected chi connectivity index (χ3v) is 1.50. The minimum Gasteiger partial charge on any atom is -0.429 e. The van der Waals surface area contributed by atoms with E-state index >= 15 is 0 Å². The molecular formula is C9H6F6O2. The highest BCUT2D eigenvalue weighted by Crippen LogP contribution is 2.31. The highest BCUT2D eigenvalue weighted by atomic mass is 19.4. The van der Waals surface area contributed by atoms with Gasteiger partial charge in [0.25, 0.3) is 0 Å². The van der Waals surface area contributed by atoms with Crippen molar-refractivity contribution in [3.63, 3.8) is 0 Å². The Morgan fingerprint density at radius 3 is 1.94 bits per heavy atom. The molecule has 0 saturated carbocycles. The summed E-state index contributed by atoms with van der Waals surface area (Å²) < 4.78 is 79.0. The molecule has 2 nitrogen and oxygen atoms in total. The lowest BCUT2D eigenvalue weighted by Gasteiger charge is -2.22. The van der Waals surface area contributed by atoms with Crippen LogP contribution in [0.25, 0.3) is 0 Å². The van der Waals surface area contributed by atoms with Crippen molar-refractivity contribution in [2.75, 3.05) is 0 Å². The summed E-state index contributed by atoms with van der Waals surface area (Å²) in [5.41, 5.74) is 0. The van der Waals surface area contributed by atoms with E-state index in [1.807, 2.05) is 0 Å². The van der Waals surface area contributed by atoms with Crippen LogP contribution in [0.3, 0.4) is 0 Å². The minimum atomic E-state index is -5.51. The Kier molecular flexibility index (Phi) is 3.87. The summed E-state index contributed by atoms with van der Waals surface area (Å²) in [6.07, 6.45) is -14.2. The summed E-state index contributed by atoms with van der Waals surface area (Å²) in [5.74, 6) is -0.481. The van der Waals surface area contributed by atoms with Gasteiger partial charge in [-0.15, -0.1) is 13.2 Å². The van der Waals surface area contributed by atoms with Crippen LogP contribution in [0.15, 0.2) is 30.3 Å². The van der Waals surface area contributed by atoms with Crippen molar-refractivity contribution in [3.05, 3.63) is 30.3 Å². The van der Waals surface area contributed by atoms with Crippen molar-refractivity contribution in [1.29, 1.82) is 0 Å². The first-order valence-corrected chi connectivity index (χ1v) is 4.21. The van der Waals surface area contributed by atoms with E-state index in [-0.39, 0.29) is 0 Å². The average Bonchev–Trinajstić information content (AvgIpc) is 2.15. The van der Waals surface area contributed by atoms with E-state index in [1.165, 1.54) is 18.2 Å². The molecule has 0 aliphatic heterocycles. The second kappa shape index (κ2) is 4.82. The van der Waals surface area contributed by atoms with Crippen LogP contribution in [-0.2, 0) is 4.74 Å². The molecule has 0 aliphatic carbocycles. The van der Waals surface area contributed by atoms with E-state index in [1.54, 1.807) is 0 Å². The lowest BCUT2D eigenvalue weighted by molar-refractivity contribution is -0.411. The molecule has 0 radical (unpaired) electrons. The quantitative estimate of drug-likeness (QED) is 0.771. The molecule has 1 aromatic rings. The summed E-state index contributed by atoms with van der Waals surface area (Å²) in [6.45, 7) is 0. The van der Waals surface area contributed by atoms with Gasteiger partial charge in [0.05, 0.1) is 0 Å². The van der Waals surface area contributed by atoms with Gasteiger partial charge in [0.15, 0.2) is 0 Å². The fraction of sp³-hybridized carbons (Fsp3) is 0.333. The van der Waals surface area contributed by atoms with Crippen LogP contribution in [0.5, 0.6) is 5.75 Å². The van der Waals surface area contributed by atoms with Crippen LogP contribution in [0.4, 0.5) is 26.3 Å². The molecule has 1 aromatic carbocycles. The molecule has 0 aromatic heterocycles. The molecule has 96 valence electrons. The smallest absolute Gasteiger partial charge is 0.429 e. The molecule has 0 bridgehead atoms. The Bertz CT molecular complexity index is 350. The normalized spacial score (nSPS) is 14.5. The van der Waals surface area contributed by atoms with Crippen molar-refractivity contribution >= 4 is 0 Å². The van der Waals surface area contributed by atoms with Crippen LogP contribution in [0, 0.1) is 0 Å². The first-order chi connectivity index (χ1) is 7.71. The van der Waals surface area contributed by atoms with Gasteiger partial charge in [-0.1, -0.05) is 18.2 Å². The van der Waals surface area contributed by atoms with E-state index in [4.69, 9.17) is 0 Å². The van der Waals surface area contributed by atoms with Crippen LogP contribution in [-0.4, -0.2) is 18.8 Å². The Labute approximate surface area is 91.7 Å². The zero-order valence-electron chi connectivity index (χ0n) is 8.05. The summed E-state index contributed by atoms with van der Waals surface area (Å²) in [4.78, 5) is 0. The van der Waals surface area contributed by atoms with E-state index in [0.717, 1.165) is 12.1 Å². The van der Waals surface area contributed by atoms with Gasteiger partial charge in [-0.3, -0.25) is 0 Å². The van der Waals surface area contributed by atoms with Crippen molar-refractivity contribution in [2.45, 2.75) is 18.8 Å². The number of benzene rings is 1. The maximum absolute atomic E-state index is 12.8. The number of hydrogen-bond acceptors (Lipinski definition) is 2. The van der Waals surface area contributed by atoms with Crippen LogP contribution in [0.1, 0.15) is 0 Å². The average molecular weight is 260 g/mol. The standard InChI is InChI=1S/C9H6F6O2/c10-7(17-9(13,14)15)8(11,12)16-6-4-2-1-3-5-6/h1-5,7H. The fourth-order valence-electron chi connectivity index (χ4n) is 0.878. The topological polar surface area (TPSA) is 18.5 Å².